The fourth-order valence-corrected chi connectivity index (χ4v) is 2.23. The Morgan fingerprint density at radius 1 is 1.05 bits per heavy atom. The van der Waals surface area contributed by atoms with Gasteiger partial charge < -0.3 is 14.8 Å². The van der Waals surface area contributed by atoms with Crippen LogP contribution in [0.1, 0.15) is 0 Å². The van der Waals surface area contributed by atoms with Crippen LogP contribution < -0.4 is 20.3 Å². The van der Waals surface area contributed by atoms with Crippen LogP contribution in [0.5, 0.6) is 17.2 Å². The van der Waals surface area contributed by atoms with Crippen molar-refractivity contribution in [1.82, 2.24) is 4.98 Å². The molecule has 2 aromatic carbocycles. The lowest BCUT2D eigenvalue weighted by Gasteiger charge is -2.12. The van der Waals surface area contributed by atoms with E-state index in [1.807, 2.05) is 49.5 Å². The number of rotatable bonds is 4. The van der Waals surface area contributed by atoms with Gasteiger partial charge in [0.25, 0.3) is 0 Å². The molecule has 0 unspecified atom stereocenters. The molecule has 0 saturated heterocycles. The number of ether oxygens (including phenoxy) is 2. The van der Waals surface area contributed by atoms with Crippen molar-refractivity contribution in [3.63, 3.8) is 0 Å². The summed E-state index contributed by atoms with van der Waals surface area (Å²) in [5.41, 5.74) is 2.32. The molecule has 0 fully saturated rings. The summed E-state index contributed by atoms with van der Waals surface area (Å²) in [7, 11) is 9.51. The summed E-state index contributed by atoms with van der Waals surface area (Å²) in [5, 5.41) is 3.94. The van der Waals surface area contributed by atoms with Crippen LogP contribution in [-0.4, -0.2) is 27.0 Å². The maximum atomic E-state index is 6.03. The van der Waals surface area contributed by atoms with Gasteiger partial charge in [0.2, 0.25) is 0 Å². The minimum atomic E-state index is 0.574. The number of methoxy groups -OCH3 is 1. The summed E-state index contributed by atoms with van der Waals surface area (Å²) in [6.45, 7) is 0. The number of hydrogen-bond donors (Lipinski definition) is 1. The number of hydrogen-bond acceptors (Lipinski definition) is 4. The first-order valence-corrected chi connectivity index (χ1v) is 6.89. The van der Waals surface area contributed by atoms with Crippen molar-refractivity contribution in [3.8, 4) is 17.2 Å². The topological polar surface area (TPSA) is 43.4 Å². The van der Waals surface area contributed by atoms with E-state index >= 15 is 0 Å². The fraction of sp³-hybridized carbons (Fsp3) is 0.118. The van der Waals surface area contributed by atoms with Gasteiger partial charge in [-0.3, -0.25) is 4.98 Å². The van der Waals surface area contributed by atoms with Crippen LogP contribution in [0.2, 0.25) is 0 Å². The quantitative estimate of drug-likeness (QED) is 0.750. The van der Waals surface area contributed by atoms with Gasteiger partial charge in [0.1, 0.15) is 25.1 Å². The Kier molecular flexibility index (Phi) is 3.87. The maximum absolute atomic E-state index is 6.03. The molecule has 0 spiro atoms. The van der Waals surface area contributed by atoms with Crippen molar-refractivity contribution in [2.24, 2.45) is 0 Å². The normalized spacial score (nSPS) is 10.5. The summed E-state index contributed by atoms with van der Waals surface area (Å²) in [6, 6.07) is 13.1. The first-order chi connectivity index (χ1) is 10.7. The first kappa shape index (κ1) is 14.3. The molecule has 0 aliphatic rings. The Balaban J connectivity index is 2.00. The van der Waals surface area contributed by atoms with Crippen LogP contribution in [0, 0.1) is 0 Å². The van der Waals surface area contributed by atoms with Crippen LogP contribution >= 0.6 is 0 Å². The van der Waals surface area contributed by atoms with Crippen LogP contribution in [0.25, 0.3) is 10.9 Å². The van der Waals surface area contributed by atoms with E-state index in [9.17, 15) is 0 Å². The summed E-state index contributed by atoms with van der Waals surface area (Å²) in [5.74, 6) is 2.08. The zero-order valence-corrected chi connectivity index (χ0v) is 12.5. The van der Waals surface area contributed by atoms with Gasteiger partial charge >= 0.3 is 0 Å². The molecule has 4 nitrogen and oxygen atoms in total. The van der Waals surface area contributed by atoms with Gasteiger partial charge in [-0.15, -0.1) is 0 Å². The summed E-state index contributed by atoms with van der Waals surface area (Å²) < 4.78 is 11.2. The maximum Gasteiger partial charge on any atom is 0.138 e. The zero-order valence-electron chi connectivity index (χ0n) is 12.5. The van der Waals surface area contributed by atoms with Crippen molar-refractivity contribution in [2.45, 2.75) is 0 Å². The van der Waals surface area contributed by atoms with Crippen molar-refractivity contribution < 1.29 is 9.47 Å². The van der Waals surface area contributed by atoms with Crippen molar-refractivity contribution in [3.05, 3.63) is 48.7 Å². The molecule has 108 valence electrons. The highest BCUT2D eigenvalue weighted by Crippen LogP contribution is 2.30. The highest BCUT2D eigenvalue weighted by molar-refractivity contribution is 6.34. The Bertz CT molecular complexity index is 821. The molecule has 22 heavy (non-hydrogen) atoms. The first-order valence-electron chi connectivity index (χ1n) is 6.89. The van der Waals surface area contributed by atoms with E-state index in [4.69, 9.17) is 17.3 Å². The fourth-order valence-electron chi connectivity index (χ4n) is 2.23. The highest BCUT2D eigenvalue weighted by Gasteiger charge is 2.07. The molecule has 3 aromatic rings. The van der Waals surface area contributed by atoms with Crippen LogP contribution in [0.15, 0.2) is 48.7 Å². The summed E-state index contributed by atoms with van der Waals surface area (Å²) >= 11 is 0. The Morgan fingerprint density at radius 2 is 1.91 bits per heavy atom. The van der Waals surface area contributed by atoms with Gasteiger partial charge in [-0.25, -0.2) is 0 Å². The second-order valence-electron chi connectivity index (χ2n) is 4.80. The molecule has 5 heteroatoms. The molecule has 0 atom stereocenters. The molecule has 1 N–H and O–H groups in total. The largest absolute Gasteiger partial charge is 0.497 e. The lowest BCUT2D eigenvalue weighted by molar-refractivity contribution is 0.415. The van der Waals surface area contributed by atoms with Crippen LogP contribution in [-0.2, 0) is 0 Å². The molecule has 3 rings (SSSR count). The van der Waals surface area contributed by atoms with E-state index < -0.39 is 0 Å². The molecule has 1 aromatic heterocycles. The predicted octanol–water partition coefficient (Wildman–Crippen LogP) is 2.87. The summed E-state index contributed by atoms with van der Waals surface area (Å²) in [4.78, 5) is 4.34. The monoisotopic (exact) mass is 290 g/mol. The number of nitrogens with one attached hydrogen (secondary N) is 1. The molecule has 0 aliphatic carbocycles. The number of fused-ring (bicyclic) bond motifs is 1. The van der Waals surface area contributed by atoms with Crippen molar-refractivity contribution in [2.75, 3.05) is 19.5 Å². The van der Waals surface area contributed by atoms with Gasteiger partial charge in [-0.2, -0.15) is 0 Å². The second-order valence-corrected chi connectivity index (χ2v) is 4.80. The van der Waals surface area contributed by atoms with E-state index in [1.54, 1.807) is 13.3 Å². The Morgan fingerprint density at radius 3 is 2.64 bits per heavy atom. The van der Waals surface area contributed by atoms with Gasteiger partial charge in [-0.1, -0.05) is 5.46 Å². The van der Waals surface area contributed by atoms with E-state index in [1.165, 1.54) is 0 Å². The van der Waals surface area contributed by atoms with Gasteiger partial charge in [-0.05, 0) is 36.4 Å². The van der Waals surface area contributed by atoms with Crippen molar-refractivity contribution in [1.29, 1.82) is 0 Å². The molecule has 0 aliphatic heterocycles. The summed E-state index contributed by atoms with van der Waals surface area (Å²) in [6.07, 6.45) is 1.70. The molecular weight excluding hydrogens is 275 g/mol. The molecule has 1 heterocycles. The molecule has 2 radical (unpaired) electrons. The van der Waals surface area contributed by atoms with Crippen molar-refractivity contribution >= 4 is 29.9 Å². The Hall–Kier alpha value is -2.69. The minimum absolute atomic E-state index is 0.574. The average Bonchev–Trinajstić information content (AvgIpc) is 2.56. The lowest BCUT2D eigenvalue weighted by atomic mass is 9.94. The van der Waals surface area contributed by atoms with E-state index in [-0.39, 0.29) is 0 Å². The zero-order chi connectivity index (χ0) is 15.5. The standard InChI is InChI=1S/C17H15BN2O2/c1-19-11-3-6-17(14(18)9-11)22-16-7-8-20-15-10-12(21-2)4-5-13(15)16/h3-10,19H,1-2H3. The lowest BCUT2D eigenvalue weighted by Crippen LogP contribution is -2.07. The van der Waals surface area contributed by atoms with E-state index in [0.717, 1.165) is 22.3 Å². The minimum Gasteiger partial charge on any atom is -0.497 e. The number of anilines is 1. The molecule has 0 saturated carbocycles. The number of benzene rings is 2. The van der Waals surface area contributed by atoms with Crippen LogP contribution in [0.3, 0.4) is 0 Å². The molecular formula is C17H15BN2O2. The van der Waals surface area contributed by atoms with E-state index in [2.05, 4.69) is 10.3 Å². The highest BCUT2D eigenvalue weighted by atomic mass is 16.5. The van der Waals surface area contributed by atoms with Crippen LogP contribution in [0.4, 0.5) is 5.69 Å². The Labute approximate surface area is 130 Å². The van der Waals surface area contributed by atoms with E-state index in [0.29, 0.717) is 17.0 Å². The second kappa shape index (κ2) is 5.97. The number of pyridine rings is 1. The van der Waals surface area contributed by atoms with Gasteiger partial charge in [0, 0.05) is 30.4 Å². The van der Waals surface area contributed by atoms with Gasteiger partial charge in [0.05, 0.1) is 12.6 Å². The molecule has 0 amide bonds. The number of nitrogens with zero attached hydrogens (tertiary/aromatic N) is 1. The smallest absolute Gasteiger partial charge is 0.138 e. The SMILES string of the molecule is [B]c1cc(NC)ccc1Oc1ccnc2cc(OC)ccc12. The number of aromatic nitrogens is 1. The third-order valence-corrected chi connectivity index (χ3v) is 3.43. The molecule has 0 bridgehead atoms. The van der Waals surface area contributed by atoms with Gasteiger partial charge in [0.15, 0.2) is 0 Å². The third kappa shape index (κ3) is 2.70. The average molecular weight is 290 g/mol. The predicted molar refractivity (Wildman–Crippen MR) is 89.7 cm³/mol. The third-order valence-electron chi connectivity index (χ3n) is 3.43.